The molecule has 0 spiro atoms. The van der Waals surface area contributed by atoms with Crippen molar-refractivity contribution in [1.29, 1.82) is 10.5 Å². The fourth-order valence-electron chi connectivity index (χ4n) is 1.80. The summed E-state index contributed by atoms with van der Waals surface area (Å²) in [5, 5.41) is 20.3. The Hall–Kier alpha value is -3.84. The number of hydrogen-bond acceptors (Lipinski definition) is 6. The number of rotatable bonds is 5. The molecule has 0 bridgehead atoms. The summed E-state index contributed by atoms with van der Waals surface area (Å²) in [5.74, 6) is -1.17. The van der Waals surface area contributed by atoms with Crippen LogP contribution in [0.4, 0.5) is 5.69 Å². The fraction of sp³-hybridized carbons (Fsp3) is 0.111. The molecule has 1 amide bonds. The van der Waals surface area contributed by atoms with Crippen molar-refractivity contribution in [3.05, 3.63) is 59.6 Å². The standard InChI is InChI=1S/C18H13N3O4/c1-12(17(22)21-15-6-4-13(10-19)5-7-15)25-18(23)14(11-20)9-16-3-2-8-24-16/h2-9,12H,1H3,(H,21,22)/b14-9+/t12-/m0/s1. The van der Waals surface area contributed by atoms with Crippen LogP contribution in [0.3, 0.4) is 0 Å². The second-order valence-corrected chi connectivity index (χ2v) is 4.91. The van der Waals surface area contributed by atoms with Crippen molar-refractivity contribution in [3.8, 4) is 12.1 Å². The highest BCUT2D eigenvalue weighted by Gasteiger charge is 2.21. The van der Waals surface area contributed by atoms with E-state index in [4.69, 9.17) is 19.7 Å². The van der Waals surface area contributed by atoms with Crippen molar-refractivity contribution in [2.75, 3.05) is 5.32 Å². The molecule has 0 aliphatic carbocycles. The largest absolute Gasteiger partial charge is 0.465 e. The summed E-state index contributed by atoms with van der Waals surface area (Å²) in [5.41, 5.74) is 0.630. The first-order valence-electron chi connectivity index (χ1n) is 7.21. The minimum atomic E-state index is -1.11. The highest BCUT2D eigenvalue weighted by Crippen LogP contribution is 2.12. The quantitative estimate of drug-likeness (QED) is 0.510. The molecule has 1 atom stereocenters. The van der Waals surface area contributed by atoms with Crippen molar-refractivity contribution >= 4 is 23.6 Å². The number of anilines is 1. The number of hydrogen-bond donors (Lipinski definition) is 1. The lowest BCUT2D eigenvalue weighted by Crippen LogP contribution is -2.30. The second kappa shape index (κ2) is 8.14. The van der Waals surface area contributed by atoms with Crippen LogP contribution in [0.2, 0.25) is 0 Å². The number of benzene rings is 1. The molecule has 0 fully saturated rings. The van der Waals surface area contributed by atoms with E-state index >= 15 is 0 Å². The summed E-state index contributed by atoms with van der Waals surface area (Å²) >= 11 is 0. The molecular formula is C18H13N3O4. The molecule has 0 aliphatic rings. The first kappa shape index (κ1) is 17.5. The van der Waals surface area contributed by atoms with Crippen LogP contribution < -0.4 is 5.32 Å². The maximum absolute atomic E-state index is 12.1. The molecule has 1 aromatic carbocycles. The van der Waals surface area contributed by atoms with Gasteiger partial charge in [-0.15, -0.1) is 0 Å². The Morgan fingerprint density at radius 1 is 1.24 bits per heavy atom. The van der Waals surface area contributed by atoms with Crippen LogP contribution in [-0.4, -0.2) is 18.0 Å². The van der Waals surface area contributed by atoms with Crippen LogP contribution in [0.15, 0.2) is 52.7 Å². The number of amides is 1. The fourth-order valence-corrected chi connectivity index (χ4v) is 1.80. The molecule has 2 rings (SSSR count). The van der Waals surface area contributed by atoms with Gasteiger partial charge < -0.3 is 14.5 Å². The number of esters is 1. The molecule has 1 aromatic heterocycles. The molecule has 7 heteroatoms. The second-order valence-electron chi connectivity index (χ2n) is 4.91. The zero-order valence-corrected chi connectivity index (χ0v) is 13.2. The zero-order chi connectivity index (χ0) is 18.2. The SMILES string of the molecule is C[C@H](OC(=O)/C(C#N)=C/c1ccco1)C(=O)Nc1ccc(C#N)cc1. The lowest BCUT2D eigenvalue weighted by molar-refractivity contribution is -0.148. The maximum atomic E-state index is 12.1. The van der Waals surface area contributed by atoms with Crippen molar-refractivity contribution in [1.82, 2.24) is 0 Å². The van der Waals surface area contributed by atoms with Crippen molar-refractivity contribution < 1.29 is 18.7 Å². The molecule has 25 heavy (non-hydrogen) atoms. The van der Waals surface area contributed by atoms with Gasteiger partial charge in [-0.05, 0) is 43.3 Å². The Morgan fingerprint density at radius 3 is 2.52 bits per heavy atom. The summed E-state index contributed by atoms with van der Waals surface area (Å²) in [7, 11) is 0. The smallest absolute Gasteiger partial charge is 0.349 e. The third-order valence-electron chi connectivity index (χ3n) is 3.10. The third kappa shape index (κ3) is 4.81. The normalized spacial score (nSPS) is 11.7. The molecule has 1 N–H and O–H groups in total. The molecular weight excluding hydrogens is 322 g/mol. The van der Waals surface area contributed by atoms with E-state index < -0.39 is 18.0 Å². The number of nitrogens with one attached hydrogen (secondary N) is 1. The number of furan rings is 1. The average molecular weight is 335 g/mol. The average Bonchev–Trinajstić information content (AvgIpc) is 3.13. The molecule has 2 aromatic rings. The molecule has 124 valence electrons. The van der Waals surface area contributed by atoms with E-state index in [9.17, 15) is 9.59 Å². The predicted molar refractivity (Wildman–Crippen MR) is 87.6 cm³/mol. The Bertz CT molecular complexity index is 869. The predicted octanol–water partition coefficient (Wildman–Crippen LogP) is 2.63. The van der Waals surface area contributed by atoms with Crippen molar-refractivity contribution in [3.63, 3.8) is 0 Å². The Kier molecular flexibility index (Phi) is 5.70. The van der Waals surface area contributed by atoms with E-state index in [1.165, 1.54) is 19.3 Å². The Labute approximate surface area is 143 Å². The minimum Gasteiger partial charge on any atom is -0.465 e. The van der Waals surface area contributed by atoms with Gasteiger partial charge in [0.25, 0.3) is 5.91 Å². The van der Waals surface area contributed by atoms with E-state index in [1.54, 1.807) is 42.5 Å². The van der Waals surface area contributed by atoms with Crippen molar-refractivity contribution in [2.45, 2.75) is 13.0 Å². The highest BCUT2D eigenvalue weighted by molar-refractivity contribution is 6.00. The molecule has 0 aliphatic heterocycles. The van der Waals surface area contributed by atoms with Crippen LogP contribution in [0.5, 0.6) is 0 Å². The van der Waals surface area contributed by atoms with Crippen LogP contribution in [0, 0.1) is 22.7 Å². The van der Waals surface area contributed by atoms with Crippen LogP contribution >= 0.6 is 0 Å². The van der Waals surface area contributed by atoms with Gasteiger partial charge in [-0.2, -0.15) is 10.5 Å². The Morgan fingerprint density at radius 2 is 1.96 bits per heavy atom. The molecule has 0 saturated carbocycles. The third-order valence-corrected chi connectivity index (χ3v) is 3.10. The van der Waals surface area contributed by atoms with Gasteiger partial charge in [-0.1, -0.05) is 0 Å². The molecule has 0 saturated heterocycles. The topological polar surface area (TPSA) is 116 Å². The molecule has 0 unspecified atom stereocenters. The highest BCUT2D eigenvalue weighted by atomic mass is 16.5. The molecule has 1 heterocycles. The van der Waals surface area contributed by atoms with Gasteiger partial charge in [-0.25, -0.2) is 4.79 Å². The van der Waals surface area contributed by atoms with Gasteiger partial charge in [0.2, 0.25) is 0 Å². The zero-order valence-electron chi connectivity index (χ0n) is 13.2. The van der Waals surface area contributed by atoms with Gasteiger partial charge in [0, 0.05) is 11.8 Å². The number of carbonyl (C=O) groups is 2. The summed E-state index contributed by atoms with van der Waals surface area (Å²) in [4.78, 5) is 24.0. The summed E-state index contributed by atoms with van der Waals surface area (Å²) in [6.45, 7) is 1.39. The van der Waals surface area contributed by atoms with Gasteiger partial charge in [-0.3, -0.25) is 4.79 Å². The monoisotopic (exact) mass is 335 g/mol. The first-order valence-corrected chi connectivity index (χ1v) is 7.21. The lowest BCUT2D eigenvalue weighted by Gasteiger charge is -2.13. The van der Waals surface area contributed by atoms with E-state index in [0.29, 0.717) is 17.0 Å². The van der Waals surface area contributed by atoms with E-state index in [2.05, 4.69) is 5.32 Å². The van der Waals surface area contributed by atoms with Crippen LogP contribution in [-0.2, 0) is 14.3 Å². The Balaban J connectivity index is 1.98. The van der Waals surface area contributed by atoms with Gasteiger partial charge >= 0.3 is 5.97 Å². The number of ether oxygens (including phenoxy) is 1. The van der Waals surface area contributed by atoms with Crippen LogP contribution in [0.25, 0.3) is 6.08 Å². The molecule has 0 radical (unpaired) electrons. The molecule has 7 nitrogen and oxygen atoms in total. The number of nitrogens with zero attached hydrogens (tertiary/aromatic N) is 2. The summed E-state index contributed by atoms with van der Waals surface area (Å²) in [6, 6.07) is 13.1. The summed E-state index contributed by atoms with van der Waals surface area (Å²) in [6.07, 6.45) is 1.52. The van der Waals surface area contributed by atoms with Crippen LogP contribution in [0.1, 0.15) is 18.2 Å². The summed E-state index contributed by atoms with van der Waals surface area (Å²) < 4.78 is 10.0. The first-order chi connectivity index (χ1) is 12.0. The number of carbonyl (C=O) groups excluding carboxylic acids is 2. The van der Waals surface area contributed by atoms with E-state index in [0.717, 1.165) is 0 Å². The van der Waals surface area contributed by atoms with Gasteiger partial charge in [0.1, 0.15) is 17.4 Å². The maximum Gasteiger partial charge on any atom is 0.349 e. The van der Waals surface area contributed by atoms with Gasteiger partial charge in [0.05, 0.1) is 17.9 Å². The minimum absolute atomic E-state index is 0.284. The van der Waals surface area contributed by atoms with Crippen molar-refractivity contribution in [2.24, 2.45) is 0 Å². The van der Waals surface area contributed by atoms with Gasteiger partial charge in [0.15, 0.2) is 6.10 Å². The lowest BCUT2D eigenvalue weighted by atomic mass is 10.2. The number of nitriles is 2. The van der Waals surface area contributed by atoms with E-state index in [-0.39, 0.29) is 5.57 Å². The van der Waals surface area contributed by atoms with E-state index in [1.807, 2.05) is 6.07 Å².